The molecule has 1 N–H and O–H groups in total. The van der Waals surface area contributed by atoms with E-state index < -0.39 is 26.5 Å². The number of halogens is 1. The van der Waals surface area contributed by atoms with E-state index in [4.69, 9.17) is 21.1 Å². The lowest BCUT2D eigenvalue weighted by Gasteiger charge is -2.36. The Kier molecular flexibility index (Phi) is 12.6. The second-order valence-electron chi connectivity index (χ2n) is 14.6. The molecule has 0 unspecified atom stereocenters. The van der Waals surface area contributed by atoms with Gasteiger partial charge in [-0.25, -0.2) is 12.7 Å². The van der Waals surface area contributed by atoms with E-state index in [9.17, 15) is 23.3 Å². The van der Waals surface area contributed by atoms with E-state index in [2.05, 4.69) is 57.6 Å². The number of amides is 1. The average Bonchev–Trinajstić information content (AvgIpc) is 3.22. The summed E-state index contributed by atoms with van der Waals surface area (Å²) in [6, 6.07) is 32.4. The number of hydrogen-bond donors (Lipinski definition) is 1. The first-order valence-corrected chi connectivity index (χ1v) is 21.1. The first-order valence-electron chi connectivity index (χ1n) is 19.3. The first-order chi connectivity index (χ1) is 28.0. The molecule has 0 radical (unpaired) electrons. The summed E-state index contributed by atoms with van der Waals surface area (Å²) in [5.74, 6) is 0.615. The predicted molar refractivity (Wildman–Crippen MR) is 228 cm³/mol. The van der Waals surface area contributed by atoms with Gasteiger partial charge in [0.25, 0.3) is 15.7 Å². The van der Waals surface area contributed by atoms with Gasteiger partial charge >= 0.3 is 0 Å². The lowest BCUT2D eigenvalue weighted by Crippen LogP contribution is -2.46. The average molecular weight is 824 g/mol. The van der Waals surface area contributed by atoms with E-state index >= 15 is 0 Å². The number of anilines is 3. The van der Waals surface area contributed by atoms with Gasteiger partial charge in [0, 0.05) is 82.2 Å². The van der Waals surface area contributed by atoms with Crippen molar-refractivity contribution in [3.05, 3.63) is 135 Å². The molecule has 1 amide bonds. The number of nitrogens with one attached hydrogen (secondary N) is 1. The molecule has 58 heavy (non-hydrogen) atoms. The summed E-state index contributed by atoms with van der Waals surface area (Å²) in [7, 11) is -4.52. The van der Waals surface area contributed by atoms with Gasteiger partial charge in [-0.2, -0.15) is 0 Å². The van der Waals surface area contributed by atoms with Crippen LogP contribution in [0.1, 0.15) is 30.9 Å². The van der Waals surface area contributed by atoms with Crippen LogP contribution in [0.2, 0.25) is 5.02 Å². The number of sulfonamides is 1. The van der Waals surface area contributed by atoms with Crippen LogP contribution in [-0.2, 0) is 26.1 Å². The summed E-state index contributed by atoms with van der Waals surface area (Å²) >= 11 is 6.14. The molecular weight excluding hydrogens is 778 g/mol. The van der Waals surface area contributed by atoms with Crippen LogP contribution in [0.3, 0.4) is 0 Å². The zero-order valence-electron chi connectivity index (χ0n) is 32.5. The lowest BCUT2D eigenvalue weighted by molar-refractivity contribution is -0.384. The van der Waals surface area contributed by atoms with Crippen molar-refractivity contribution < 1.29 is 27.6 Å². The Bertz CT molecular complexity index is 2360. The van der Waals surface area contributed by atoms with Gasteiger partial charge in [-0.15, -0.1) is 0 Å². The molecule has 2 aliphatic heterocycles. The van der Waals surface area contributed by atoms with Gasteiger partial charge < -0.3 is 19.7 Å². The molecule has 0 atom stereocenters. The summed E-state index contributed by atoms with van der Waals surface area (Å²) in [5, 5.41) is 15.8. The third-order valence-electron chi connectivity index (χ3n) is 10.7. The van der Waals surface area contributed by atoms with Crippen LogP contribution in [0.5, 0.6) is 11.5 Å². The molecule has 2 aliphatic rings. The fraction of sp³-hybridized carbons (Fsp3) is 0.295. The maximum atomic E-state index is 13.9. The summed E-state index contributed by atoms with van der Waals surface area (Å²) in [6.45, 7) is 9.16. The molecule has 0 saturated carbocycles. The molecule has 5 aromatic rings. The predicted octanol–water partition coefficient (Wildman–Crippen LogP) is 8.92. The highest BCUT2D eigenvalue weighted by Gasteiger charge is 2.31. The zero-order chi connectivity index (χ0) is 40.8. The second kappa shape index (κ2) is 18.0. The van der Waals surface area contributed by atoms with Gasteiger partial charge in [0.1, 0.15) is 17.2 Å². The number of benzene rings is 5. The summed E-state index contributed by atoms with van der Waals surface area (Å²) in [6.07, 6.45) is 1.66. The van der Waals surface area contributed by atoms with Crippen molar-refractivity contribution in [2.45, 2.75) is 38.1 Å². The van der Waals surface area contributed by atoms with Gasteiger partial charge in [-0.3, -0.25) is 19.8 Å². The number of carbonyl (C=O) groups is 1. The molecule has 0 spiro atoms. The van der Waals surface area contributed by atoms with E-state index in [-0.39, 0.29) is 22.2 Å². The van der Waals surface area contributed by atoms with Crippen molar-refractivity contribution in [3.8, 4) is 22.6 Å². The van der Waals surface area contributed by atoms with Crippen molar-refractivity contribution in [1.29, 1.82) is 0 Å². The largest absolute Gasteiger partial charge is 0.457 e. The van der Waals surface area contributed by atoms with Gasteiger partial charge in [0.05, 0.1) is 15.5 Å². The summed E-state index contributed by atoms with van der Waals surface area (Å²) in [4.78, 5) is 28.7. The van der Waals surface area contributed by atoms with E-state index in [0.29, 0.717) is 35.6 Å². The van der Waals surface area contributed by atoms with Crippen LogP contribution in [0.25, 0.3) is 11.1 Å². The molecule has 7 rings (SSSR count). The minimum absolute atomic E-state index is 0.0726. The van der Waals surface area contributed by atoms with Crippen LogP contribution in [-0.4, -0.2) is 70.1 Å². The highest BCUT2D eigenvalue weighted by atomic mass is 35.5. The molecular formula is C44H46ClN5O7S. The smallest absolute Gasteiger partial charge is 0.293 e. The van der Waals surface area contributed by atoms with Crippen LogP contribution >= 0.6 is 11.6 Å². The normalized spacial score (nSPS) is 15.2. The molecule has 0 aliphatic carbocycles. The number of rotatable bonds is 13. The van der Waals surface area contributed by atoms with E-state index in [1.807, 2.05) is 31.2 Å². The lowest BCUT2D eigenvalue weighted by atomic mass is 9.99. The van der Waals surface area contributed by atoms with Gasteiger partial charge in [0.15, 0.2) is 0 Å². The van der Waals surface area contributed by atoms with Crippen molar-refractivity contribution in [2.24, 2.45) is 5.92 Å². The molecule has 0 bridgehead atoms. The van der Waals surface area contributed by atoms with E-state index in [1.165, 1.54) is 35.4 Å². The first kappa shape index (κ1) is 40.7. The fourth-order valence-electron chi connectivity index (χ4n) is 7.42. The molecule has 2 heterocycles. The number of nitro benzene ring substituents is 1. The molecule has 12 nitrogen and oxygen atoms in total. The number of piperazine rings is 1. The van der Waals surface area contributed by atoms with Gasteiger partial charge in [0.2, 0.25) is 5.91 Å². The topological polar surface area (TPSA) is 135 Å². The minimum Gasteiger partial charge on any atom is -0.457 e. The van der Waals surface area contributed by atoms with Crippen molar-refractivity contribution in [1.82, 2.24) is 4.90 Å². The van der Waals surface area contributed by atoms with E-state index in [1.54, 1.807) is 12.1 Å². The zero-order valence-corrected chi connectivity index (χ0v) is 34.0. The number of carbonyl (C=O) groups excluding carboxylic acids is 1. The van der Waals surface area contributed by atoms with Crippen LogP contribution in [0.15, 0.2) is 114 Å². The summed E-state index contributed by atoms with van der Waals surface area (Å²) in [5.41, 5.74) is 5.46. The van der Waals surface area contributed by atoms with Crippen LogP contribution < -0.4 is 19.3 Å². The Hall–Kier alpha value is -5.47. The fourth-order valence-corrected chi connectivity index (χ4v) is 8.99. The Morgan fingerprint density at radius 1 is 0.931 bits per heavy atom. The molecule has 0 aromatic heterocycles. The number of nitro groups is 1. The second-order valence-corrected chi connectivity index (χ2v) is 16.9. The maximum absolute atomic E-state index is 13.9. The molecule has 302 valence electrons. The number of aryl methyl sites for hydroxylation is 1. The number of hydrogen-bond acceptors (Lipinski definition) is 10. The number of nitrogens with zero attached hydrogens (tertiary/aromatic N) is 4. The standard InChI is InChI=1S/C44H46ClN5O7S/c1-31-7-12-38(48-23-21-47(22-24-48)30-35-5-3-4-6-41(35)34-8-10-36(45)11-9-34)27-44(31)57-39-15-13-37(14-16-39)49(32(2)51)58(54,55)40-17-18-42(43(28-40)50(52)53)46-29-33-19-25-56-26-20-33/h3-18,27-28,33,46H,19-26,29-30H2,1-2H3. The molecule has 5 aromatic carbocycles. The molecule has 2 saturated heterocycles. The number of ether oxygens (including phenoxy) is 2. The Labute approximate surface area is 344 Å². The molecule has 2 fully saturated rings. The SMILES string of the molecule is CC(=O)N(c1ccc(Oc2cc(N3CCN(Cc4ccccc4-c4ccc(Cl)cc4)CC3)ccc2C)cc1)S(=O)(=O)c1ccc(NCC2CCOCC2)c([N+](=O)[O-])c1. The van der Waals surface area contributed by atoms with Gasteiger partial charge in [-0.1, -0.05) is 54.1 Å². The molecule has 14 heteroatoms. The third kappa shape index (κ3) is 9.45. The van der Waals surface area contributed by atoms with Crippen molar-refractivity contribution in [3.63, 3.8) is 0 Å². The monoisotopic (exact) mass is 823 g/mol. The van der Waals surface area contributed by atoms with Crippen molar-refractivity contribution >= 4 is 50.3 Å². The highest BCUT2D eigenvalue weighted by molar-refractivity contribution is 7.93. The Morgan fingerprint density at radius 2 is 1.64 bits per heavy atom. The van der Waals surface area contributed by atoms with Crippen molar-refractivity contribution in [2.75, 3.05) is 60.5 Å². The minimum atomic E-state index is -4.52. The van der Waals surface area contributed by atoms with E-state index in [0.717, 1.165) is 80.4 Å². The van der Waals surface area contributed by atoms with Crippen LogP contribution in [0.4, 0.5) is 22.7 Å². The van der Waals surface area contributed by atoms with Gasteiger partial charge in [-0.05, 0) is 103 Å². The highest BCUT2D eigenvalue weighted by Crippen LogP contribution is 2.35. The maximum Gasteiger partial charge on any atom is 0.293 e. The third-order valence-corrected chi connectivity index (χ3v) is 12.7. The quantitative estimate of drug-likeness (QED) is 0.0906. The summed E-state index contributed by atoms with van der Waals surface area (Å²) < 4.78 is 40.1. The Morgan fingerprint density at radius 3 is 2.33 bits per heavy atom. The Balaban J connectivity index is 1.01. The van der Waals surface area contributed by atoms with Crippen LogP contribution in [0, 0.1) is 23.0 Å².